The zero-order valence-corrected chi connectivity index (χ0v) is 20.3. The molecule has 0 saturated heterocycles. The standard InChI is InChI=1S/C27H32NO5P/c1-2-3-4-5-6-7-20-33-25-16-12-22(13-17-25)21-8-10-23(11-9-21)27(29)28-24-14-18-26(19-15-24)34(30,31)32/h8-19H,2-7,20H2,1H3,(H,28,29)(H2,30,31,32). The number of anilines is 1. The molecule has 3 rings (SSSR count). The van der Waals surface area contributed by atoms with Crippen molar-refractivity contribution >= 4 is 24.5 Å². The minimum atomic E-state index is -4.30. The van der Waals surface area contributed by atoms with E-state index in [1.165, 1.54) is 56.4 Å². The Hall–Kier alpha value is -2.92. The van der Waals surface area contributed by atoms with Crippen molar-refractivity contribution < 1.29 is 23.9 Å². The van der Waals surface area contributed by atoms with Crippen LogP contribution in [0.5, 0.6) is 5.75 Å². The molecule has 0 spiro atoms. The molecule has 3 aromatic rings. The highest BCUT2D eigenvalue weighted by atomic mass is 31.2. The highest BCUT2D eigenvalue weighted by molar-refractivity contribution is 7.60. The number of hydrogen-bond acceptors (Lipinski definition) is 3. The number of carbonyl (C=O) groups is 1. The number of benzene rings is 3. The number of ether oxygens (including phenoxy) is 1. The lowest BCUT2D eigenvalue weighted by molar-refractivity contribution is 0.102. The summed E-state index contributed by atoms with van der Waals surface area (Å²) < 4.78 is 17.1. The van der Waals surface area contributed by atoms with Crippen molar-refractivity contribution in [2.45, 2.75) is 45.4 Å². The van der Waals surface area contributed by atoms with Crippen LogP contribution in [-0.2, 0) is 4.57 Å². The summed E-state index contributed by atoms with van der Waals surface area (Å²) in [5.41, 5.74) is 2.97. The van der Waals surface area contributed by atoms with Gasteiger partial charge in [-0.05, 0) is 66.1 Å². The van der Waals surface area contributed by atoms with Crippen molar-refractivity contribution in [3.8, 4) is 16.9 Å². The third-order valence-electron chi connectivity index (χ3n) is 5.56. The van der Waals surface area contributed by atoms with Gasteiger partial charge in [-0.1, -0.05) is 63.3 Å². The van der Waals surface area contributed by atoms with Crippen LogP contribution in [0.25, 0.3) is 11.1 Å². The normalized spacial score (nSPS) is 11.3. The fourth-order valence-electron chi connectivity index (χ4n) is 3.57. The monoisotopic (exact) mass is 481 g/mol. The van der Waals surface area contributed by atoms with E-state index in [9.17, 15) is 19.1 Å². The van der Waals surface area contributed by atoms with Crippen LogP contribution in [0.3, 0.4) is 0 Å². The number of hydrogen-bond donors (Lipinski definition) is 3. The van der Waals surface area contributed by atoms with Gasteiger partial charge in [-0.3, -0.25) is 9.36 Å². The van der Waals surface area contributed by atoms with E-state index >= 15 is 0 Å². The van der Waals surface area contributed by atoms with Gasteiger partial charge in [0, 0.05) is 11.3 Å². The van der Waals surface area contributed by atoms with Gasteiger partial charge in [0.15, 0.2) is 0 Å². The molecule has 7 heteroatoms. The number of rotatable bonds is 12. The van der Waals surface area contributed by atoms with Crippen molar-refractivity contribution in [2.75, 3.05) is 11.9 Å². The zero-order chi connectivity index (χ0) is 24.4. The van der Waals surface area contributed by atoms with Crippen molar-refractivity contribution in [2.24, 2.45) is 0 Å². The number of unbranched alkanes of at least 4 members (excludes halogenated alkanes) is 5. The molecule has 0 fully saturated rings. The molecule has 3 aromatic carbocycles. The Morgan fingerprint density at radius 3 is 1.94 bits per heavy atom. The second-order valence-electron chi connectivity index (χ2n) is 8.26. The van der Waals surface area contributed by atoms with Gasteiger partial charge in [0.1, 0.15) is 5.75 Å². The van der Waals surface area contributed by atoms with Gasteiger partial charge in [0.05, 0.1) is 11.9 Å². The summed E-state index contributed by atoms with van der Waals surface area (Å²) in [6.45, 7) is 2.96. The molecule has 3 N–H and O–H groups in total. The first kappa shape index (κ1) is 25.7. The molecule has 6 nitrogen and oxygen atoms in total. The molecule has 0 radical (unpaired) electrons. The quantitative estimate of drug-likeness (QED) is 0.213. The summed E-state index contributed by atoms with van der Waals surface area (Å²) in [7, 11) is -4.30. The smallest absolute Gasteiger partial charge is 0.356 e. The van der Waals surface area contributed by atoms with E-state index in [1.807, 2.05) is 36.4 Å². The minimum absolute atomic E-state index is 0.0892. The molecule has 0 bridgehead atoms. The maximum Gasteiger partial charge on any atom is 0.356 e. The predicted octanol–water partition coefficient (Wildman–Crippen LogP) is 6.15. The Kier molecular flexibility index (Phi) is 9.46. The Bertz CT molecular complexity index is 1090. The lowest BCUT2D eigenvalue weighted by Crippen LogP contribution is -2.12. The van der Waals surface area contributed by atoms with Crippen LogP contribution in [0, 0.1) is 0 Å². The topological polar surface area (TPSA) is 95.9 Å². The molecule has 0 aliphatic rings. The van der Waals surface area contributed by atoms with Gasteiger partial charge in [0.2, 0.25) is 0 Å². The second-order valence-corrected chi connectivity index (χ2v) is 9.87. The molecule has 0 aliphatic carbocycles. The van der Waals surface area contributed by atoms with Crippen LogP contribution >= 0.6 is 7.60 Å². The van der Waals surface area contributed by atoms with Crippen LogP contribution in [0.15, 0.2) is 72.8 Å². The van der Waals surface area contributed by atoms with Crippen molar-refractivity contribution in [1.29, 1.82) is 0 Å². The second kappa shape index (κ2) is 12.5. The molecule has 0 saturated carbocycles. The Morgan fingerprint density at radius 1 is 0.794 bits per heavy atom. The van der Waals surface area contributed by atoms with E-state index in [2.05, 4.69) is 12.2 Å². The molecule has 1 amide bonds. The Morgan fingerprint density at radius 2 is 1.35 bits per heavy atom. The Labute approximate surface area is 201 Å². The third-order valence-corrected chi connectivity index (χ3v) is 6.53. The molecule has 0 heterocycles. The van der Waals surface area contributed by atoms with E-state index in [0.29, 0.717) is 11.3 Å². The molecule has 0 aromatic heterocycles. The summed E-state index contributed by atoms with van der Waals surface area (Å²) in [5, 5.41) is 2.64. The summed E-state index contributed by atoms with van der Waals surface area (Å²) in [4.78, 5) is 30.9. The average Bonchev–Trinajstić information content (AvgIpc) is 2.84. The van der Waals surface area contributed by atoms with Crippen LogP contribution in [0.1, 0.15) is 55.8 Å². The minimum Gasteiger partial charge on any atom is -0.494 e. The molecular weight excluding hydrogens is 449 g/mol. The summed E-state index contributed by atoms with van der Waals surface area (Å²) in [6.07, 6.45) is 7.42. The lowest BCUT2D eigenvalue weighted by atomic mass is 10.0. The number of nitrogens with one attached hydrogen (secondary N) is 1. The SMILES string of the molecule is CCCCCCCCOc1ccc(-c2ccc(C(=O)Nc3ccc(P(=O)(O)O)cc3)cc2)cc1. The van der Waals surface area contributed by atoms with Gasteiger partial charge >= 0.3 is 7.60 Å². The van der Waals surface area contributed by atoms with Gasteiger partial charge in [-0.15, -0.1) is 0 Å². The van der Waals surface area contributed by atoms with E-state index < -0.39 is 7.60 Å². The van der Waals surface area contributed by atoms with Gasteiger partial charge in [-0.25, -0.2) is 0 Å². The highest BCUT2D eigenvalue weighted by Gasteiger charge is 2.16. The van der Waals surface area contributed by atoms with Crippen molar-refractivity contribution in [3.05, 3.63) is 78.4 Å². The predicted molar refractivity (Wildman–Crippen MR) is 137 cm³/mol. The van der Waals surface area contributed by atoms with Crippen LogP contribution in [0.4, 0.5) is 5.69 Å². The third kappa shape index (κ3) is 7.84. The number of carbonyl (C=O) groups excluding carboxylic acids is 1. The molecule has 34 heavy (non-hydrogen) atoms. The lowest BCUT2D eigenvalue weighted by Gasteiger charge is -2.09. The number of amides is 1. The maximum atomic E-state index is 12.5. The van der Waals surface area contributed by atoms with Crippen LogP contribution in [-0.4, -0.2) is 22.3 Å². The average molecular weight is 482 g/mol. The van der Waals surface area contributed by atoms with E-state index in [0.717, 1.165) is 29.9 Å². The summed E-state index contributed by atoms with van der Waals surface area (Å²) in [6, 6.07) is 20.8. The van der Waals surface area contributed by atoms with Crippen molar-refractivity contribution in [3.63, 3.8) is 0 Å². The van der Waals surface area contributed by atoms with Crippen molar-refractivity contribution in [1.82, 2.24) is 0 Å². The zero-order valence-electron chi connectivity index (χ0n) is 19.4. The molecule has 180 valence electrons. The van der Waals surface area contributed by atoms with Crippen LogP contribution < -0.4 is 15.4 Å². The fourth-order valence-corrected chi connectivity index (χ4v) is 4.11. The van der Waals surface area contributed by atoms with Gasteiger partial charge < -0.3 is 19.8 Å². The first-order valence-corrected chi connectivity index (χ1v) is 13.3. The van der Waals surface area contributed by atoms with E-state index in [4.69, 9.17) is 4.74 Å². The first-order chi connectivity index (χ1) is 16.4. The maximum absolute atomic E-state index is 12.5. The molecule has 0 aliphatic heterocycles. The summed E-state index contributed by atoms with van der Waals surface area (Å²) >= 11 is 0. The Balaban J connectivity index is 1.50. The fraction of sp³-hybridized carbons (Fsp3) is 0.296. The molecule has 0 unspecified atom stereocenters. The highest BCUT2D eigenvalue weighted by Crippen LogP contribution is 2.33. The van der Waals surface area contributed by atoms with E-state index in [1.54, 1.807) is 12.1 Å². The van der Waals surface area contributed by atoms with E-state index in [-0.39, 0.29) is 11.2 Å². The van der Waals surface area contributed by atoms with Gasteiger partial charge in [0.25, 0.3) is 5.91 Å². The summed E-state index contributed by atoms with van der Waals surface area (Å²) in [5.74, 6) is 0.562. The molecular formula is C27H32NO5P. The first-order valence-electron chi connectivity index (χ1n) is 11.7. The van der Waals surface area contributed by atoms with Gasteiger partial charge in [-0.2, -0.15) is 0 Å². The molecule has 0 atom stereocenters. The van der Waals surface area contributed by atoms with Crippen LogP contribution in [0.2, 0.25) is 0 Å². The largest absolute Gasteiger partial charge is 0.494 e.